The van der Waals surface area contributed by atoms with Gasteiger partial charge in [0, 0.05) is 11.1 Å². The summed E-state index contributed by atoms with van der Waals surface area (Å²) in [5, 5.41) is 31.4. The Balaban J connectivity index is 1.99. The van der Waals surface area contributed by atoms with E-state index in [0.717, 1.165) is 22.2 Å². The molecule has 0 radical (unpaired) electrons. The van der Waals surface area contributed by atoms with Crippen LogP contribution in [0.2, 0.25) is 0 Å². The van der Waals surface area contributed by atoms with Gasteiger partial charge < -0.3 is 15.3 Å². The van der Waals surface area contributed by atoms with Crippen molar-refractivity contribution in [2.45, 2.75) is 0 Å². The number of carbonyl (C=O) groups is 4. The number of hydrogen-bond donors (Lipinski definition) is 3. The lowest BCUT2D eigenvalue weighted by molar-refractivity contribution is 0.0648. The van der Waals surface area contributed by atoms with Crippen molar-refractivity contribution in [1.29, 1.82) is 0 Å². The Hall–Kier alpha value is -4.52. The van der Waals surface area contributed by atoms with E-state index in [4.69, 9.17) is 0 Å². The van der Waals surface area contributed by atoms with Crippen LogP contribution in [0.5, 0.6) is 0 Å². The van der Waals surface area contributed by atoms with Crippen molar-refractivity contribution in [3.8, 4) is 0 Å². The maximum atomic E-state index is 13.4. The fourth-order valence-corrected chi connectivity index (χ4v) is 3.63. The smallest absolute Gasteiger partial charge is 0.336 e. The lowest BCUT2D eigenvalue weighted by atomic mass is 9.90. The monoisotopic (exact) mass is 414 g/mol. The van der Waals surface area contributed by atoms with Gasteiger partial charge in [0.25, 0.3) is 0 Å². The summed E-state index contributed by atoms with van der Waals surface area (Å²) in [6, 6.07) is 17.8. The molecule has 0 fully saturated rings. The van der Waals surface area contributed by atoms with Gasteiger partial charge in [-0.05, 0) is 45.8 Å². The number of ketones is 1. The molecule has 0 amide bonds. The van der Waals surface area contributed by atoms with E-state index >= 15 is 0 Å². The molecule has 0 aromatic heterocycles. The Labute approximate surface area is 174 Å². The molecule has 4 aromatic carbocycles. The van der Waals surface area contributed by atoms with Crippen LogP contribution in [0.3, 0.4) is 0 Å². The van der Waals surface area contributed by atoms with Gasteiger partial charge in [-0.15, -0.1) is 0 Å². The fraction of sp³-hybridized carbons (Fsp3) is 0. The predicted octanol–water partition coefficient (Wildman–Crippen LogP) is 4.32. The van der Waals surface area contributed by atoms with Crippen molar-refractivity contribution >= 4 is 45.2 Å². The van der Waals surface area contributed by atoms with Crippen LogP contribution in [0.15, 0.2) is 66.7 Å². The molecular weight excluding hydrogens is 400 g/mol. The first-order valence-corrected chi connectivity index (χ1v) is 9.12. The van der Waals surface area contributed by atoms with Crippen LogP contribution >= 0.6 is 0 Å². The van der Waals surface area contributed by atoms with Gasteiger partial charge in [-0.1, -0.05) is 42.5 Å². The molecule has 0 bridgehead atoms. The fourth-order valence-electron chi connectivity index (χ4n) is 3.63. The SMILES string of the molecule is O=C(O)c1cc(C(=O)O)c(C(=O)c2cccc3cc4ccccc4cc23)cc1C(=O)O. The Morgan fingerprint density at radius 1 is 0.484 bits per heavy atom. The number of aromatic carboxylic acids is 3. The van der Waals surface area contributed by atoms with Crippen molar-refractivity contribution in [1.82, 2.24) is 0 Å². The van der Waals surface area contributed by atoms with Crippen LogP contribution in [0.4, 0.5) is 0 Å². The minimum absolute atomic E-state index is 0.185. The zero-order valence-electron chi connectivity index (χ0n) is 15.8. The number of carboxylic acids is 3. The second kappa shape index (κ2) is 7.38. The average molecular weight is 414 g/mol. The number of fused-ring (bicyclic) bond motifs is 2. The second-order valence-corrected chi connectivity index (χ2v) is 6.91. The molecule has 7 heteroatoms. The molecule has 4 rings (SSSR count). The van der Waals surface area contributed by atoms with E-state index in [-0.39, 0.29) is 5.56 Å². The molecule has 0 aliphatic rings. The van der Waals surface area contributed by atoms with E-state index in [9.17, 15) is 34.5 Å². The molecule has 0 heterocycles. The molecule has 0 aliphatic carbocycles. The molecule has 0 unspecified atom stereocenters. The minimum Gasteiger partial charge on any atom is -0.478 e. The molecule has 31 heavy (non-hydrogen) atoms. The summed E-state index contributed by atoms with van der Waals surface area (Å²) in [6.07, 6.45) is 0. The average Bonchev–Trinajstić information content (AvgIpc) is 2.75. The van der Waals surface area contributed by atoms with E-state index in [1.807, 2.05) is 42.5 Å². The molecule has 3 N–H and O–H groups in total. The Kier molecular flexibility index (Phi) is 4.71. The Bertz CT molecular complexity index is 1430. The van der Waals surface area contributed by atoms with Crippen LogP contribution in [0, 0.1) is 0 Å². The lowest BCUT2D eigenvalue weighted by Crippen LogP contribution is -2.16. The number of benzene rings is 4. The zero-order chi connectivity index (χ0) is 22.3. The van der Waals surface area contributed by atoms with E-state index in [1.165, 1.54) is 6.07 Å². The number of rotatable bonds is 5. The van der Waals surface area contributed by atoms with Crippen LogP contribution in [-0.2, 0) is 0 Å². The van der Waals surface area contributed by atoms with E-state index < -0.39 is 45.9 Å². The van der Waals surface area contributed by atoms with Crippen molar-refractivity contribution in [3.05, 3.63) is 94.5 Å². The predicted molar refractivity (Wildman–Crippen MR) is 112 cm³/mol. The van der Waals surface area contributed by atoms with Crippen molar-refractivity contribution in [3.63, 3.8) is 0 Å². The van der Waals surface area contributed by atoms with Gasteiger partial charge in [0.2, 0.25) is 0 Å². The first-order valence-electron chi connectivity index (χ1n) is 9.12. The third kappa shape index (κ3) is 3.38. The van der Waals surface area contributed by atoms with Gasteiger partial charge in [0.1, 0.15) is 0 Å². The first-order chi connectivity index (χ1) is 14.8. The largest absolute Gasteiger partial charge is 0.478 e. The van der Waals surface area contributed by atoms with Gasteiger partial charge in [-0.2, -0.15) is 0 Å². The lowest BCUT2D eigenvalue weighted by Gasteiger charge is -2.12. The highest BCUT2D eigenvalue weighted by Crippen LogP contribution is 2.29. The summed E-state index contributed by atoms with van der Waals surface area (Å²) in [5.74, 6) is -5.42. The van der Waals surface area contributed by atoms with E-state index in [0.29, 0.717) is 11.5 Å². The maximum Gasteiger partial charge on any atom is 0.336 e. The van der Waals surface area contributed by atoms with Crippen LogP contribution in [0.1, 0.15) is 47.0 Å². The molecule has 0 saturated carbocycles. The Morgan fingerprint density at radius 2 is 0.968 bits per heavy atom. The minimum atomic E-state index is -1.60. The number of carboxylic acid groups (broad SMARTS) is 3. The van der Waals surface area contributed by atoms with Gasteiger partial charge in [-0.3, -0.25) is 4.79 Å². The van der Waals surface area contributed by atoms with Crippen LogP contribution in [0.25, 0.3) is 21.5 Å². The summed E-state index contributed by atoms with van der Waals surface area (Å²) in [6.45, 7) is 0. The highest BCUT2D eigenvalue weighted by atomic mass is 16.4. The van der Waals surface area contributed by atoms with Crippen molar-refractivity contribution < 1.29 is 34.5 Å². The molecular formula is C24H14O7. The second-order valence-electron chi connectivity index (χ2n) is 6.91. The maximum absolute atomic E-state index is 13.4. The molecule has 152 valence electrons. The number of carbonyl (C=O) groups excluding carboxylic acids is 1. The summed E-state index contributed by atoms with van der Waals surface area (Å²) in [5.41, 5.74) is -2.15. The number of hydrogen-bond acceptors (Lipinski definition) is 4. The molecule has 0 aliphatic heterocycles. The van der Waals surface area contributed by atoms with Gasteiger partial charge in [0.05, 0.1) is 16.7 Å². The summed E-state index contributed by atoms with van der Waals surface area (Å²) < 4.78 is 0. The highest BCUT2D eigenvalue weighted by molar-refractivity contribution is 6.22. The molecule has 0 saturated heterocycles. The summed E-state index contributed by atoms with van der Waals surface area (Å²) in [7, 11) is 0. The standard InChI is InChI=1S/C24H14O7/c25-21(17-10-19(23(28)29)20(24(30)31)11-18(17)22(26)27)15-7-3-6-14-8-12-4-1-2-5-13(12)9-16(14)15/h1-11H,(H,26,27)(H,28,29)(H,30,31). The third-order valence-electron chi connectivity index (χ3n) is 5.08. The summed E-state index contributed by atoms with van der Waals surface area (Å²) in [4.78, 5) is 48.1. The molecule has 7 nitrogen and oxygen atoms in total. The third-order valence-corrected chi connectivity index (χ3v) is 5.08. The van der Waals surface area contributed by atoms with Crippen molar-refractivity contribution in [2.75, 3.05) is 0 Å². The van der Waals surface area contributed by atoms with Gasteiger partial charge >= 0.3 is 17.9 Å². The summed E-state index contributed by atoms with van der Waals surface area (Å²) >= 11 is 0. The quantitative estimate of drug-likeness (QED) is 0.328. The van der Waals surface area contributed by atoms with Crippen LogP contribution < -0.4 is 0 Å². The Morgan fingerprint density at radius 3 is 1.55 bits per heavy atom. The molecule has 0 spiro atoms. The van der Waals surface area contributed by atoms with Gasteiger partial charge in [-0.25, -0.2) is 14.4 Å². The first kappa shape index (κ1) is 19.8. The van der Waals surface area contributed by atoms with E-state index in [1.54, 1.807) is 6.07 Å². The molecule has 0 atom stereocenters. The topological polar surface area (TPSA) is 129 Å². The zero-order valence-corrected chi connectivity index (χ0v) is 15.8. The highest BCUT2D eigenvalue weighted by Gasteiger charge is 2.26. The van der Waals surface area contributed by atoms with Gasteiger partial charge in [0.15, 0.2) is 5.78 Å². The van der Waals surface area contributed by atoms with E-state index in [2.05, 4.69) is 0 Å². The van der Waals surface area contributed by atoms with Crippen molar-refractivity contribution in [2.24, 2.45) is 0 Å². The van der Waals surface area contributed by atoms with Crippen LogP contribution in [-0.4, -0.2) is 39.0 Å². The normalized spacial score (nSPS) is 10.8. The molecule has 4 aromatic rings.